The molecular weight excluding hydrogens is 324 g/mol. The van der Waals surface area contributed by atoms with Gasteiger partial charge in [0, 0.05) is 37.0 Å². The second-order valence-electron chi connectivity index (χ2n) is 7.40. The van der Waals surface area contributed by atoms with E-state index in [1.807, 2.05) is 29.2 Å². The number of carbonyl (C=O) groups is 2. The summed E-state index contributed by atoms with van der Waals surface area (Å²) >= 11 is 5.57. The molecule has 0 aromatic heterocycles. The molecule has 2 rings (SSSR count). The normalized spacial score (nSPS) is 16.1. The summed E-state index contributed by atoms with van der Waals surface area (Å²) in [5.41, 5.74) is 2.04. The first kappa shape index (κ1) is 18.8. The lowest BCUT2D eigenvalue weighted by Crippen LogP contribution is -2.46. The quantitative estimate of drug-likeness (QED) is 0.847. The van der Waals surface area contributed by atoms with Crippen LogP contribution in [-0.2, 0) is 10.2 Å². The smallest absolute Gasteiger partial charge is 0.253 e. The summed E-state index contributed by atoms with van der Waals surface area (Å²) in [7, 11) is 0. The fourth-order valence-corrected chi connectivity index (χ4v) is 3.08. The third-order valence-corrected chi connectivity index (χ3v) is 4.66. The molecule has 1 aromatic carbocycles. The Hall–Kier alpha value is -1.55. The molecular formula is C19H27ClN2O2. The van der Waals surface area contributed by atoms with E-state index in [2.05, 4.69) is 26.1 Å². The van der Waals surface area contributed by atoms with Gasteiger partial charge in [-0.1, -0.05) is 32.9 Å². The van der Waals surface area contributed by atoms with Crippen molar-refractivity contribution in [1.29, 1.82) is 0 Å². The Kier molecular flexibility index (Phi) is 6.27. The van der Waals surface area contributed by atoms with Crippen molar-refractivity contribution in [2.24, 2.45) is 0 Å². The predicted molar refractivity (Wildman–Crippen MR) is 97.5 cm³/mol. The summed E-state index contributed by atoms with van der Waals surface area (Å²) in [5, 5.41) is 2.98. The highest BCUT2D eigenvalue weighted by atomic mass is 35.5. The van der Waals surface area contributed by atoms with Gasteiger partial charge in [-0.05, 0) is 36.0 Å². The summed E-state index contributed by atoms with van der Waals surface area (Å²) in [6, 6.07) is 8.04. The summed E-state index contributed by atoms with van der Waals surface area (Å²) in [6.45, 7) is 7.82. The van der Waals surface area contributed by atoms with Gasteiger partial charge in [0.25, 0.3) is 5.91 Å². The van der Waals surface area contributed by atoms with Crippen molar-refractivity contribution in [3.63, 3.8) is 0 Å². The summed E-state index contributed by atoms with van der Waals surface area (Å²) in [4.78, 5) is 26.1. The Morgan fingerprint density at radius 2 is 1.75 bits per heavy atom. The van der Waals surface area contributed by atoms with E-state index in [1.54, 1.807) is 0 Å². The number of nitrogens with one attached hydrogen (secondary N) is 1. The first-order chi connectivity index (χ1) is 11.3. The lowest BCUT2D eigenvalue weighted by Gasteiger charge is -2.32. The van der Waals surface area contributed by atoms with E-state index in [-0.39, 0.29) is 23.3 Å². The molecule has 0 bridgehead atoms. The number of piperidine rings is 1. The Labute approximate surface area is 149 Å². The van der Waals surface area contributed by atoms with Gasteiger partial charge in [0.1, 0.15) is 0 Å². The van der Waals surface area contributed by atoms with Gasteiger partial charge < -0.3 is 10.2 Å². The highest BCUT2D eigenvalue weighted by Gasteiger charge is 2.24. The molecule has 1 aliphatic rings. The maximum absolute atomic E-state index is 12.6. The number of carbonyl (C=O) groups excluding carboxylic acids is 2. The predicted octanol–water partition coefficient (Wildman–Crippen LogP) is 3.33. The molecule has 4 nitrogen and oxygen atoms in total. The van der Waals surface area contributed by atoms with E-state index in [0.29, 0.717) is 25.4 Å². The summed E-state index contributed by atoms with van der Waals surface area (Å²) < 4.78 is 0. The molecule has 1 aromatic rings. The van der Waals surface area contributed by atoms with Crippen LogP contribution in [0.15, 0.2) is 24.3 Å². The maximum Gasteiger partial charge on any atom is 0.253 e. The Balaban J connectivity index is 1.89. The molecule has 1 saturated heterocycles. The highest BCUT2D eigenvalue weighted by molar-refractivity contribution is 6.18. The number of benzene rings is 1. The minimum atomic E-state index is -0.00690. The zero-order valence-corrected chi connectivity index (χ0v) is 15.5. The van der Waals surface area contributed by atoms with Crippen LogP contribution in [0.3, 0.4) is 0 Å². The topological polar surface area (TPSA) is 49.4 Å². The van der Waals surface area contributed by atoms with E-state index in [0.717, 1.165) is 18.4 Å². The average Bonchev–Trinajstić information content (AvgIpc) is 2.54. The van der Waals surface area contributed by atoms with Crippen molar-refractivity contribution >= 4 is 23.4 Å². The number of hydrogen-bond acceptors (Lipinski definition) is 2. The van der Waals surface area contributed by atoms with Crippen LogP contribution in [0.5, 0.6) is 0 Å². The molecule has 0 spiro atoms. The van der Waals surface area contributed by atoms with Gasteiger partial charge >= 0.3 is 0 Å². The minimum absolute atomic E-state index is 0.00690. The van der Waals surface area contributed by atoms with Crippen molar-refractivity contribution in [3.8, 4) is 0 Å². The van der Waals surface area contributed by atoms with E-state index >= 15 is 0 Å². The SMILES string of the molecule is CC(C)(C)c1ccc(C(=O)N2CCC(NC(=O)CCCl)CC2)cc1. The van der Waals surface area contributed by atoms with Crippen molar-refractivity contribution in [2.75, 3.05) is 19.0 Å². The first-order valence-corrected chi connectivity index (χ1v) is 9.10. The van der Waals surface area contributed by atoms with Crippen molar-refractivity contribution in [3.05, 3.63) is 35.4 Å². The lowest BCUT2D eigenvalue weighted by molar-refractivity contribution is -0.121. The van der Waals surface area contributed by atoms with E-state index in [9.17, 15) is 9.59 Å². The van der Waals surface area contributed by atoms with Crippen LogP contribution >= 0.6 is 11.6 Å². The van der Waals surface area contributed by atoms with E-state index in [1.165, 1.54) is 5.56 Å². The third kappa shape index (κ3) is 4.97. The number of nitrogens with zero attached hydrogens (tertiary/aromatic N) is 1. The van der Waals surface area contributed by atoms with Crippen LogP contribution < -0.4 is 5.32 Å². The van der Waals surface area contributed by atoms with Gasteiger partial charge in [-0.15, -0.1) is 11.6 Å². The number of alkyl halides is 1. The maximum atomic E-state index is 12.6. The number of halogens is 1. The Bertz CT molecular complexity index is 570. The largest absolute Gasteiger partial charge is 0.353 e. The zero-order chi connectivity index (χ0) is 17.7. The molecule has 1 aliphatic heterocycles. The van der Waals surface area contributed by atoms with Gasteiger partial charge in [-0.2, -0.15) is 0 Å². The second kappa shape index (κ2) is 8.02. The third-order valence-electron chi connectivity index (χ3n) is 4.47. The fraction of sp³-hybridized carbons (Fsp3) is 0.579. The van der Waals surface area contributed by atoms with Gasteiger partial charge in [-0.3, -0.25) is 9.59 Å². The first-order valence-electron chi connectivity index (χ1n) is 8.56. The van der Waals surface area contributed by atoms with Crippen molar-refractivity contribution in [2.45, 2.75) is 51.5 Å². The van der Waals surface area contributed by atoms with Gasteiger partial charge in [-0.25, -0.2) is 0 Å². The van der Waals surface area contributed by atoms with Crippen LogP contribution in [0, 0.1) is 0 Å². The molecule has 132 valence electrons. The molecule has 0 aliphatic carbocycles. The zero-order valence-electron chi connectivity index (χ0n) is 14.8. The average molecular weight is 351 g/mol. The van der Waals surface area contributed by atoms with Gasteiger partial charge in [0.05, 0.1) is 0 Å². The minimum Gasteiger partial charge on any atom is -0.353 e. The van der Waals surface area contributed by atoms with Crippen LogP contribution in [0.25, 0.3) is 0 Å². The highest BCUT2D eigenvalue weighted by Crippen LogP contribution is 2.23. The van der Waals surface area contributed by atoms with Crippen LogP contribution in [0.2, 0.25) is 0 Å². The molecule has 24 heavy (non-hydrogen) atoms. The number of amides is 2. The van der Waals surface area contributed by atoms with E-state index < -0.39 is 0 Å². The van der Waals surface area contributed by atoms with Crippen LogP contribution in [0.4, 0.5) is 0 Å². The molecule has 1 N–H and O–H groups in total. The summed E-state index contributed by atoms with van der Waals surface area (Å²) in [5.74, 6) is 0.404. The lowest BCUT2D eigenvalue weighted by atomic mass is 9.86. The number of likely N-dealkylation sites (tertiary alicyclic amines) is 1. The molecule has 1 fully saturated rings. The molecule has 1 heterocycles. The second-order valence-corrected chi connectivity index (χ2v) is 7.78. The standard InChI is InChI=1S/C19H27ClN2O2/c1-19(2,3)15-6-4-14(5-7-15)18(24)22-12-9-16(10-13-22)21-17(23)8-11-20/h4-7,16H,8-13H2,1-3H3,(H,21,23). The number of rotatable bonds is 4. The molecule has 0 saturated carbocycles. The Morgan fingerprint density at radius 1 is 1.17 bits per heavy atom. The fourth-order valence-electron chi connectivity index (χ4n) is 2.91. The van der Waals surface area contributed by atoms with Crippen LogP contribution in [0.1, 0.15) is 56.0 Å². The summed E-state index contributed by atoms with van der Waals surface area (Å²) in [6.07, 6.45) is 1.93. The van der Waals surface area contributed by atoms with Gasteiger partial charge in [0.15, 0.2) is 0 Å². The molecule has 5 heteroatoms. The van der Waals surface area contributed by atoms with Crippen LogP contribution in [-0.4, -0.2) is 41.7 Å². The number of hydrogen-bond donors (Lipinski definition) is 1. The Morgan fingerprint density at radius 3 is 2.25 bits per heavy atom. The van der Waals surface area contributed by atoms with Crippen molar-refractivity contribution < 1.29 is 9.59 Å². The monoisotopic (exact) mass is 350 g/mol. The molecule has 2 amide bonds. The van der Waals surface area contributed by atoms with Gasteiger partial charge in [0.2, 0.25) is 5.91 Å². The molecule has 0 radical (unpaired) electrons. The molecule has 0 atom stereocenters. The van der Waals surface area contributed by atoms with E-state index in [4.69, 9.17) is 11.6 Å². The molecule has 0 unspecified atom stereocenters. The van der Waals surface area contributed by atoms with Crippen molar-refractivity contribution in [1.82, 2.24) is 10.2 Å².